The number of rotatable bonds is 4. The maximum atomic E-state index is 4.14. The molecule has 3 aliphatic carbocycles. The fourth-order valence-corrected chi connectivity index (χ4v) is 5.60. The molecule has 3 aliphatic rings. The molecule has 122 valence electrons. The van der Waals surface area contributed by atoms with Crippen molar-refractivity contribution >= 4 is 0 Å². The summed E-state index contributed by atoms with van der Waals surface area (Å²) >= 11 is 0. The Labute approximate surface area is 132 Å². The van der Waals surface area contributed by atoms with Gasteiger partial charge in [0.2, 0.25) is 0 Å². The van der Waals surface area contributed by atoms with Gasteiger partial charge in [-0.05, 0) is 50.4 Å². The van der Waals surface area contributed by atoms with Crippen molar-refractivity contribution in [1.29, 1.82) is 0 Å². The second-order valence-electron chi connectivity index (χ2n) is 8.31. The van der Waals surface area contributed by atoms with Crippen LogP contribution in [0.5, 0.6) is 0 Å². The summed E-state index contributed by atoms with van der Waals surface area (Å²) in [5.74, 6) is 3.02. The molecule has 0 bridgehead atoms. The van der Waals surface area contributed by atoms with E-state index < -0.39 is 0 Å². The minimum atomic E-state index is 0.763. The molecule has 1 N–H and O–H groups in total. The lowest BCUT2D eigenvalue weighted by atomic mass is 9.70. The van der Waals surface area contributed by atoms with E-state index in [0.29, 0.717) is 0 Å². The molecule has 0 heterocycles. The van der Waals surface area contributed by atoms with Crippen molar-refractivity contribution in [3.8, 4) is 0 Å². The Morgan fingerprint density at radius 1 is 0.667 bits per heavy atom. The van der Waals surface area contributed by atoms with Gasteiger partial charge in [0.1, 0.15) is 0 Å². The molecule has 3 rings (SSSR count). The Morgan fingerprint density at radius 3 is 1.95 bits per heavy atom. The van der Waals surface area contributed by atoms with Crippen LogP contribution in [0.4, 0.5) is 0 Å². The normalized spacial score (nSPS) is 34.7. The van der Waals surface area contributed by atoms with Gasteiger partial charge in [0, 0.05) is 12.1 Å². The largest absolute Gasteiger partial charge is 0.311 e. The van der Waals surface area contributed by atoms with Gasteiger partial charge in [0.15, 0.2) is 0 Å². The van der Waals surface area contributed by atoms with Crippen LogP contribution in [0.2, 0.25) is 0 Å². The summed E-state index contributed by atoms with van der Waals surface area (Å²) in [6.07, 6.45) is 20.9. The third kappa shape index (κ3) is 4.24. The third-order valence-corrected chi connectivity index (χ3v) is 6.91. The van der Waals surface area contributed by atoms with Crippen LogP contribution in [0.15, 0.2) is 0 Å². The Morgan fingerprint density at radius 2 is 1.24 bits per heavy atom. The van der Waals surface area contributed by atoms with Gasteiger partial charge in [0.25, 0.3) is 0 Å². The fourth-order valence-electron chi connectivity index (χ4n) is 5.60. The summed E-state index contributed by atoms with van der Waals surface area (Å²) in [7, 11) is 0. The van der Waals surface area contributed by atoms with Crippen LogP contribution in [-0.2, 0) is 0 Å². The maximum Gasteiger partial charge on any atom is 0.0101 e. The summed E-state index contributed by atoms with van der Waals surface area (Å²) in [4.78, 5) is 0. The third-order valence-electron chi connectivity index (χ3n) is 6.91. The maximum absolute atomic E-state index is 4.14. The van der Waals surface area contributed by atoms with Crippen LogP contribution in [0.25, 0.3) is 0 Å². The number of hydrogen-bond donors (Lipinski definition) is 1. The molecule has 21 heavy (non-hydrogen) atoms. The highest BCUT2D eigenvalue weighted by molar-refractivity contribution is 4.89. The average molecular weight is 292 g/mol. The van der Waals surface area contributed by atoms with Crippen LogP contribution < -0.4 is 5.32 Å². The highest BCUT2D eigenvalue weighted by atomic mass is 15.0. The molecule has 1 heteroatoms. The van der Waals surface area contributed by atoms with Crippen molar-refractivity contribution in [1.82, 2.24) is 5.32 Å². The zero-order valence-corrected chi connectivity index (χ0v) is 14.3. The summed E-state index contributed by atoms with van der Waals surface area (Å²) in [5, 5.41) is 4.14. The molecule has 0 aliphatic heterocycles. The topological polar surface area (TPSA) is 12.0 Å². The smallest absolute Gasteiger partial charge is 0.0101 e. The molecule has 3 atom stereocenters. The Bertz CT molecular complexity index is 288. The molecule has 1 nitrogen and oxygen atoms in total. The van der Waals surface area contributed by atoms with Crippen LogP contribution in [0.1, 0.15) is 96.8 Å². The first-order valence-corrected chi connectivity index (χ1v) is 10.1. The van der Waals surface area contributed by atoms with Crippen molar-refractivity contribution in [2.24, 2.45) is 17.8 Å². The lowest BCUT2D eigenvalue weighted by Gasteiger charge is -2.42. The molecule has 0 aromatic carbocycles. The van der Waals surface area contributed by atoms with Gasteiger partial charge in [-0.1, -0.05) is 64.2 Å². The SMILES string of the molecule is C[C@H](NC1CCCCC1C1CCCCC1)C1CCCCC1. The van der Waals surface area contributed by atoms with Crippen LogP contribution in [-0.4, -0.2) is 12.1 Å². The molecule has 0 saturated heterocycles. The van der Waals surface area contributed by atoms with Crippen molar-refractivity contribution in [2.75, 3.05) is 0 Å². The predicted molar refractivity (Wildman–Crippen MR) is 91.5 cm³/mol. The van der Waals surface area contributed by atoms with E-state index in [4.69, 9.17) is 0 Å². The first-order chi connectivity index (χ1) is 10.3. The fraction of sp³-hybridized carbons (Fsp3) is 1.00. The molecule has 0 amide bonds. The molecule has 3 saturated carbocycles. The van der Waals surface area contributed by atoms with Crippen molar-refractivity contribution in [3.63, 3.8) is 0 Å². The van der Waals surface area contributed by atoms with E-state index in [9.17, 15) is 0 Å². The van der Waals surface area contributed by atoms with Crippen LogP contribution in [0, 0.1) is 17.8 Å². The van der Waals surface area contributed by atoms with Crippen LogP contribution >= 0.6 is 0 Å². The Balaban J connectivity index is 1.55. The molecular formula is C20H37N. The predicted octanol–water partition coefficient (Wildman–Crippen LogP) is 5.68. The minimum Gasteiger partial charge on any atom is -0.311 e. The van der Waals surface area contributed by atoms with Crippen molar-refractivity contribution < 1.29 is 0 Å². The van der Waals surface area contributed by atoms with E-state index >= 15 is 0 Å². The van der Waals surface area contributed by atoms with E-state index in [1.165, 1.54) is 89.9 Å². The molecule has 0 spiro atoms. The Hall–Kier alpha value is -0.0400. The van der Waals surface area contributed by atoms with Gasteiger partial charge in [-0.3, -0.25) is 0 Å². The quantitative estimate of drug-likeness (QED) is 0.702. The number of nitrogens with one attached hydrogen (secondary N) is 1. The lowest BCUT2D eigenvalue weighted by Crippen LogP contribution is -2.48. The summed E-state index contributed by atoms with van der Waals surface area (Å²) in [6, 6.07) is 1.61. The van der Waals surface area contributed by atoms with E-state index in [0.717, 1.165) is 29.8 Å². The second kappa shape index (κ2) is 7.99. The second-order valence-corrected chi connectivity index (χ2v) is 8.31. The monoisotopic (exact) mass is 291 g/mol. The molecule has 0 aromatic rings. The van der Waals surface area contributed by atoms with Gasteiger partial charge in [0.05, 0.1) is 0 Å². The van der Waals surface area contributed by atoms with E-state index in [1.807, 2.05) is 0 Å². The molecule has 3 fully saturated rings. The summed E-state index contributed by atoms with van der Waals surface area (Å²) in [5.41, 5.74) is 0. The standard InChI is InChI=1S/C20H37N/c1-16(17-10-4-2-5-11-17)21-20-15-9-8-14-19(20)18-12-6-3-7-13-18/h16-21H,2-15H2,1H3/t16-,19?,20?/m0/s1. The molecule has 2 unspecified atom stereocenters. The lowest BCUT2D eigenvalue weighted by molar-refractivity contribution is 0.130. The van der Waals surface area contributed by atoms with Crippen molar-refractivity contribution in [2.45, 2.75) is 109 Å². The molecule has 0 aromatic heterocycles. The van der Waals surface area contributed by atoms with E-state index in [2.05, 4.69) is 12.2 Å². The molecular weight excluding hydrogens is 254 g/mol. The van der Waals surface area contributed by atoms with Gasteiger partial charge in [-0.2, -0.15) is 0 Å². The first-order valence-electron chi connectivity index (χ1n) is 10.1. The minimum absolute atomic E-state index is 0.763. The van der Waals surface area contributed by atoms with Crippen LogP contribution in [0.3, 0.4) is 0 Å². The van der Waals surface area contributed by atoms with Gasteiger partial charge < -0.3 is 5.32 Å². The van der Waals surface area contributed by atoms with Gasteiger partial charge in [-0.25, -0.2) is 0 Å². The summed E-state index contributed by atoms with van der Waals surface area (Å²) < 4.78 is 0. The number of hydrogen-bond acceptors (Lipinski definition) is 1. The first kappa shape index (κ1) is 15.8. The van der Waals surface area contributed by atoms with Crippen molar-refractivity contribution in [3.05, 3.63) is 0 Å². The zero-order chi connectivity index (χ0) is 14.5. The van der Waals surface area contributed by atoms with E-state index in [-0.39, 0.29) is 0 Å². The average Bonchev–Trinajstić information content (AvgIpc) is 2.57. The van der Waals surface area contributed by atoms with E-state index in [1.54, 1.807) is 0 Å². The van der Waals surface area contributed by atoms with Gasteiger partial charge >= 0.3 is 0 Å². The highest BCUT2D eigenvalue weighted by Crippen LogP contribution is 2.39. The summed E-state index contributed by atoms with van der Waals surface area (Å²) in [6.45, 7) is 2.49. The van der Waals surface area contributed by atoms with Gasteiger partial charge in [-0.15, -0.1) is 0 Å². The molecule has 0 radical (unpaired) electrons. The highest BCUT2D eigenvalue weighted by Gasteiger charge is 2.34. The Kier molecular flexibility index (Phi) is 6.03. The zero-order valence-electron chi connectivity index (χ0n) is 14.3.